The molecular formula is C20H23FN11O9PS2. The monoisotopic (exact) mass is 675 g/mol. The number of halogens is 1. The van der Waals surface area contributed by atoms with Gasteiger partial charge in [-0.05, 0) is 0 Å². The third-order valence-electron chi connectivity index (χ3n) is 7.19. The van der Waals surface area contributed by atoms with Gasteiger partial charge in [0, 0.05) is 13.0 Å². The second kappa shape index (κ2) is 10.7. The largest absolute Gasteiger partial charge is 0.386 e. The third kappa shape index (κ3) is 5.22. The minimum Gasteiger partial charge on any atom is -0.382 e. The Morgan fingerprint density at radius 3 is 2.59 bits per heavy atom. The lowest BCUT2D eigenvalue weighted by Crippen LogP contribution is -2.41. The number of aromatic nitrogens is 8. The van der Waals surface area contributed by atoms with Crippen LogP contribution in [0, 0.1) is 0 Å². The summed E-state index contributed by atoms with van der Waals surface area (Å²) in [6.45, 7) is -5.28. The smallest absolute Gasteiger partial charge is 0.382 e. The maximum absolute atomic E-state index is 15.9. The molecule has 3 aliphatic rings. The van der Waals surface area contributed by atoms with E-state index in [1.54, 1.807) is 0 Å². The molecule has 7 rings (SSSR count). The maximum Gasteiger partial charge on any atom is 0.386 e. The Kier molecular flexibility index (Phi) is 7.13. The molecule has 4 aromatic rings. The molecule has 0 spiro atoms. The molecule has 3 saturated heterocycles. The zero-order valence-electron chi connectivity index (χ0n) is 22.0. The van der Waals surface area contributed by atoms with Crippen molar-refractivity contribution in [2.45, 2.75) is 49.5 Å². The number of hydrogen-bond donors (Lipinski definition) is 5. The number of imidazole rings is 2. The lowest BCUT2D eigenvalue weighted by Gasteiger charge is -2.25. The summed E-state index contributed by atoms with van der Waals surface area (Å²) in [4.78, 5) is 34.7. The second-order valence-electron chi connectivity index (χ2n) is 10.0. The number of nitrogen functional groups attached to an aromatic ring is 2. The van der Waals surface area contributed by atoms with E-state index in [0.29, 0.717) is 0 Å². The molecule has 0 saturated carbocycles. The van der Waals surface area contributed by atoms with Gasteiger partial charge in [0.2, 0.25) is 5.95 Å². The van der Waals surface area contributed by atoms with Crippen LogP contribution in [0.4, 0.5) is 16.2 Å². The first-order valence-corrected chi connectivity index (χ1v) is 16.9. The molecule has 24 heteroatoms. The first-order valence-electron chi connectivity index (χ1n) is 12.8. The van der Waals surface area contributed by atoms with Crippen molar-refractivity contribution < 1.29 is 40.1 Å². The SMILES string of the molecule is Nc1nc2c(ncn2[C@@H]2O[C@@H]3CNS(=O)(=O)O[C@H]4[C@@H](F)[C@H](n5cnc6c(N)ncnc65)O[C@@H]4CO[P@](=O)(S)O[C@@H]2C3)c(=O)[nH]1. The molecule has 3 fully saturated rings. The summed E-state index contributed by atoms with van der Waals surface area (Å²) in [6.07, 6.45) is -6.28. The van der Waals surface area contributed by atoms with E-state index in [1.165, 1.54) is 21.8 Å². The molecular weight excluding hydrogens is 652 g/mol. The molecule has 236 valence electrons. The van der Waals surface area contributed by atoms with E-state index in [4.69, 9.17) is 34.2 Å². The first-order chi connectivity index (χ1) is 20.9. The van der Waals surface area contributed by atoms with Crippen LogP contribution in [-0.4, -0.2) is 91.2 Å². The van der Waals surface area contributed by atoms with Crippen LogP contribution < -0.4 is 21.7 Å². The lowest BCUT2D eigenvalue weighted by molar-refractivity contribution is -0.0472. The molecule has 7 heterocycles. The molecule has 4 aromatic heterocycles. The molecule has 8 atom stereocenters. The average molecular weight is 676 g/mol. The number of nitrogens with one attached hydrogen (secondary N) is 2. The Morgan fingerprint density at radius 1 is 1.05 bits per heavy atom. The Morgan fingerprint density at radius 2 is 1.80 bits per heavy atom. The van der Waals surface area contributed by atoms with Gasteiger partial charge < -0.3 is 20.9 Å². The van der Waals surface area contributed by atoms with E-state index in [1.807, 2.05) is 0 Å². The predicted molar refractivity (Wildman–Crippen MR) is 149 cm³/mol. The normalized spacial score (nSPS) is 34.4. The van der Waals surface area contributed by atoms with Gasteiger partial charge in [0.25, 0.3) is 5.56 Å². The van der Waals surface area contributed by atoms with E-state index in [9.17, 15) is 17.8 Å². The standard InChI is InChI=1S/C20H23FN11O9PS2/c21-10-13-9(39-19(10)31-5-26-11-14(22)24-4-25-15(11)31)3-37-42(34,43)40-8-1-7(2-28-44(35,36)41-13)38-18(8)32-6-27-12-16(32)29-20(23)30-17(12)33/h4-10,13,18-19,28H,1-3H2,(H,34,43)(H2,22,24,25)(H3,23,29,30,33)/t7-,8+,9+,10+,13+,18+,19+,42-/m0/s1. The molecule has 0 unspecified atom stereocenters. The highest BCUT2D eigenvalue weighted by Crippen LogP contribution is 2.57. The third-order valence-corrected chi connectivity index (χ3v) is 9.83. The summed E-state index contributed by atoms with van der Waals surface area (Å²) in [5, 5.41) is 0. The van der Waals surface area contributed by atoms with E-state index in [-0.39, 0.29) is 47.1 Å². The molecule has 0 aliphatic carbocycles. The van der Waals surface area contributed by atoms with Crippen LogP contribution in [0.25, 0.3) is 22.3 Å². The quantitative estimate of drug-likeness (QED) is 0.130. The van der Waals surface area contributed by atoms with Gasteiger partial charge in [-0.1, -0.05) is 12.2 Å². The van der Waals surface area contributed by atoms with Crippen molar-refractivity contribution in [3.63, 3.8) is 0 Å². The van der Waals surface area contributed by atoms with Crippen molar-refractivity contribution in [2.75, 3.05) is 24.6 Å². The average Bonchev–Trinajstić information content (AvgIpc) is 3.72. The molecule has 2 bridgehead atoms. The highest BCUT2D eigenvalue weighted by atomic mass is 32.7. The predicted octanol–water partition coefficient (Wildman–Crippen LogP) is -0.680. The number of nitrogens with two attached hydrogens (primary N) is 2. The summed E-state index contributed by atoms with van der Waals surface area (Å²) in [7, 11) is -4.62. The number of hydrogen-bond acceptors (Lipinski definition) is 16. The number of ether oxygens (including phenoxy) is 2. The van der Waals surface area contributed by atoms with Gasteiger partial charge in [0.05, 0.1) is 25.4 Å². The van der Waals surface area contributed by atoms with Crippen molar-refractivity contribution in [3.8, 4) is 0 Å². The molecule has 6 N–H and O–H groups in total. The Balaban J connectivity index is 1.19. The van der Waals surface area contributed by atoms with Gasteiger partial charge >= 0.3 is 17.1 Å². The number of fused-ring (bicyclic) bond motifs is 5. The number of anilines is 2. The summed E-state index contributed by atoms with van der Waals surface area (Å²) < 4.78 is 88.3. The van der Waals surface area contributed by atoms with E-state index in [2.05, 4.69) is 46.9 Å². The molecule has 20 nitrogen and oxygen atoms in total. The van der Waals surface area contributed by atoms with Crippen LogP contribution in [0.15, 0.2) is 23.8 Å². The maximum atomic E-state index is 15.9. The first kappa shape index (κ1) is 29.4. The number of alkyl halides is 1. The number of thiol groups is 1. The molecule has 0 radical (unpaired) electrons. The van der Waals surface area contributed by atoms with Crippen molar-refractivity contribution in [2.24, 2.45) is 0 Å². The topological polar surface area (TPSA) is 269 Å². The highest BCUT2D eigenvalue weighted by Gasteiger charge is 2.51. The van der Waals surface area contributed by atoms with Gasteiger partial charge in [-0.3, -0.25) is 28.0 Å². The van der Waals surface area contributed by atoms with Crippen LogP contribution in [0.5, 0.6) is 0 Å². The summed E-state index contributed by atoms with van der Waals surface area (Å²) >= 11 is 4.08. The lowest BCUT2D eigenvalue weighted by atomic mass is 10.1. The number of aromatic amines is 1. The summed E-state index contributed by atoms with van der Waals surface area (Å²) in [5.74, 6) is -0.157. The Hall–Kier alpha value is -3.28. The Labute approximate surface area is 250 Å². The van der Waals surface area contributed by atoms with Crippen molar-refractivity contribution in [3.05, 3.63) is 29.3 Å². The van der Waals surface area contributed by atoms with Crippen molar-refractivity contribution in [1.29, 1.82) is 0 Å². The van der Waals surface area contributed by atoms with E-state index in [0.717, 1.165) is 6.33 Å². The van der Waals surface area contributed by atoms with Crippen molar-refractivity contribution >= 4 is 63.4 Å². The van der Waals surface area contributed by atoms with Crippen LogP contribution >= 0.6 is 19.0 Å². The van der Waals surface area contributed by atoms with Gasteiger partial charge in [0.15, 0.2) is 41.3 Å². The molecule has 0 aromatic carbocycles. The minimum absolute atomic E-state index is 0.0185. The number of H-pyrrole nitrogens is 1. The fraction of sp³-hybridized carbons (Fsp3) is 0.500. The van der Waals surface area contributed by atoms with Gasteiger partial charge in [-0.25, -0.2) is 33.1 Å². The number of rotatable bonds is 2. The zero-order valence-corrected chi connectivity index (χ0v) is 24.6. The molecule has 44 heavy (non-hydrogen) atoms. The summed E-state index contributed by atoms with van der Waals surface area (Å²) in [6, 6.07) is 0. The van der Waals surface area contributed by atoms with Gasteiger partial charge in [-0.2, -0.15) is 18.1 Å². The highest BCUT2D eigenvalue weighted by molar-refractivity contribution is 8.44. The van der Waals surface area contributed by atoms with Crippen LogP contribution in [0.1, 0.15) is 18.9 Å². The second-order valence-corrected chi connectivity index (χ2v) is 14.3. The molecule has 0 amide bonds. The minimum atomic E-state index is -4.62. The van der Waals surface area contributed by atoms with Crippen LogP contribution in [0.3, 0.4) is 0 Å². The summed E-state index contributed by atoms with van der Waals surface area (Å²) in [5.41, 5.74) is 11.2. The Bertz CT molecular complexity index is 1980. The van der Waals surface area contributed by atoms with Gasteiger partial charge in [0.1, 0.15) is 30.2 Å². The van der Waals surface area contributed by atoms with E-state index < -0.39 is 72.3 Å². The molecule has 3 aliphatic heterocycles. The zero-order chi connectivity index (χ0) is 31.0. The van der Waals surface area contributed by atoms with Crippen LogP contribution in [-0.2, 0) is 37.6 Å². The number of nitrogens with zero attached hydrogens (tertiary/aromatic N) is 7. The van der Waals surface area contributed by atoms with Crippen LogP contribution in [0.2, 0.25) is 0 Å². The fourth-order valence-corrected chi connectivity index (χ4v) is 7.76. The van der Waals surface area contributed by atoms with E-state index >= 15 is 4.39 Å². The van der Waals surface area contributed by atoms with Gasteiger partial charge in [-0.15, -0.1) is 0 Å². The van der Waals surface area contributed by atoms with Crippen molar-refractivity contribution in [1.82, 2.24) is 43.8 Å². The fourth-order valence-electron chi connectivity index (χ4n) is 5.28.